The van der Waals surface area contributed by atoms with Gasteiger partial charge in [0.1, 0.15) is 5.75 Å². The van der Waals surface area contributed by atoms with Crippen molar-refractivity contribution in [1.29, 1.82) is 0 Å². The summed E-state index contributed by atoms with van der Waals surface area (Å²) in [7, 11) is 0. The Morgan fingerprint density at radius 2 is 2.31 bits per heavy atom. The average molecular weight is 241 g/mol. The Morgan fingerprint density at radius 3 is 2.88 bits per heavy atom. The predicted octanol–water partition coefficient (Wildman–Crippen LogP) is 1.22. The van der Waals surface area contributed by atoms with Crippen LogP contribution in [0.3, 0.4) is 0 Å². The lowest BCUT2D eigenvalue weighted by Crippen LogP contribution is -2.31. The van der Waals surface area contributed by atoms with Crippen molar-refractivity contribution < 1.29 is 9.90 Å². The second kappa shape index (κ2) is 4.31. The number of benzene rings is 1. The zero-order valence-electron chi connectivity index (χ0n) is 8.69. The van der Waals surface area contributed by atoms with E-state index in [2.05, 4.69) is 0 Å². The number of nitrogens with zero attached hydrogens (tertiary/aromatic N) is 1. The fourth-order valence-electron chi connectivity index (χ4n) is 1.79. The zero-order chi connectivity index (χ0) is 11.7. The number of carbonyl (C=O) groups excluding carboxylic acids is 1. The van der Waals surface area contributed by atoms with Crippen LogP contribution in [0.1, 0.15) is 16.8 Å². The minimum atomic E-state index is -0.0881. The zero-order valence-corrected chi connectivity index (χ0v) is 9.44. The van der Waals surface area contributed by atoms with Gasteiger partial charge in [-0.1, -0.05) is 11.6 Å². The summed E-state index contributed by atoms with van der Waals surface area (Å²) in [6.45, 7) is 1.26. The molecular weight excluding hydrogens is 228 g/mol. The molecule has 0 saturated carbocycles. The van der Waals surface area contributed by atoms with E-state index in [1.54, 1.807) is 11.0 Å². The van der Waals surface area contributed by atoms with Crippen LogP contribution >= 0.6 is 11.6 Å². The molecule has 0 aromatic heterocycles. The number of carbonyl (C=O) groups is 1. The van der Waals surface area contributed by atoms with Crippen LogP contribution in [-0.4, -0.2) is 35.0 Å². The molecule has 1 heterocycles. The van der Waals surface area contributed by atoms with Crippen LogP contribution in [0, 0.1) is 0 Å². The monoisotopic (exact) mass is 240 g/mol. The van der Waals surface area contributed by atoms with E-state index >= 15 is 0 Å². The summed E-state index contributed by atoms with van der Waals surface area (Å²) in [6.07, 6.45) is 0.831. The minimum absolute atomic E-state index is 0.0173. The van der Waals surface area contributed by atoms with Gasteiger partial charge in [-0.05, 0) is 24.6 Å². The summed E-state index contributed by atoms with van der Waals surface area (Å²) in [5.74, 6) is -0.105. The lowest BCUT2D eigenvalue weighted by atomic mass is 10.2. The first kappa shape index (κ1) is 11.2. The molecule has 1 amide bonds. The Morgan fingerprint density at radius 1 is 1.56 bits per heavy atom. The third-order valence-corrected chi connectivity index (χ3v) is 3.01. The standard InChI is InChI=1S/C11H13ClN2O2/c12-9-5-7(1-2-10(9)15)11(16)14-4-3-8(13)6-14/h1-2,5,8,15H,3-4,6,13H2. The maximum Gasteiger partial charge on any atom is 0.253 e. The summed E-state index contributed by atoms with van der Waals surface area (Å²) in [5.41, 5.74) is 6.22. The Hall–Kier alpha value is -1.26. The molecule has 1 atom stereocenters. The second-order valence-corrected chi connectivity index (χ2v) is 4.37. The summed E-state index contributed by atoms with van der Waals surface area (Å²) in [4.78, 5) is 13.7. The molecule has 1 aliphatic rings. The molecule has 0 radical (unpaired) electrons. The van der Waals surface area contributed by atoms with Gasteiger partial charge in [0.25, 0.3) is 5.91 Å². The van der Waals surface area contributed by atoms with Gasteiger partial charge in [-0.25, -0.2) is 0 Å². The molecule has 5 heteroatoms. The van der Waals surface area contributed by atoms with Gasteiger partial charge in [0.15, 0.2) is 0 Å². The largest absolute Gasteiger partial charge is 0.506 e. The van der Waals surface area contributed by atoms with Crippen molar-refractivity contribution in [2.75, 3.05) is 13.1 Å². The molecule has 1 saturated heterocycles. The van der Waals surface area contributed by atoms with Crippen molar-refractivity contribution in [3.63, 3.8) is 0 Å². The van der Waals surface area contributed by atoms with Crippen molar-refractivity contribution in [1.82, 2.24) is 4.90 Å². The lowest BCUT2D eigenvalue weighted by molar-refractivity contribution is 0.0791. The van der Waals surface area contributed by atoms with Crippen LogP contribution in [-0.2, 0) is 0 Å². The van der Waals surface area contributed by atoms with Gasteiger partial charge in [0.05, 0.1) is 5.02 Å². The van der Waals surface area contributed by atoms with Crippen LogP contribution in [0.2, 0.25) is 5.02 Å². The molecule has 1 aromatic rings. The first-order valence-electron chi connectivity index (χ1n) is 5.11. The van der Waals surface area contributed by atoms with E-state index in [1.165, 1.54) is 12.1 Å². The van der Waals surface area contributed by atoms with E-state index in [0.29, 0.717) is 18.7 Å². The maximum atomic E-state index is 12.0. The molecule has 0 bridgehead atoms. The van der Waals surface area contributed by atoms with Crippen molar-refractivity contribution >= 4 is 17.5 Å². The first-order valence-corrected chi connectivity index (χ1v) is 5.49. The molecule has 0 aliphatic carbocycles. The highest BCUT2D eigenvalue weighted by molar-refractivity contribution is 6.32. The lowest BCUT2D eigenvalue weighted by Gasteiger charge is -2.15. The highest BCUT2D eigenvalue weighted by Crippen LogP contribution is 2.24. The van der Waals surface area contributed by atoms with Gasteiger partial charge < -0.3 is 15.7 Å². The van der Waals surface area contributed by atoms with Gasteiger partial charge in [-0.15, -0.1) is 0 Å². The number of amides is 1. The molecule has 16 heavy (non-hydrogen) atoms. The third-order valence-electron chi connectivity index (χ3n) is 2.71. The van der Waals surface area contributed by atoms with Crippen molar-refractivity contribution in [2.24, 2.45) is 5.73 Å². The SMILES string of the molecule is NC1CCN(C(=O)c2ccc(O)c(Cl)c2)C1. The molecule has 1 fully saturated rings. The van der Waals surface area contributed by atoms with Crippen LogP contribution in [0.15, 0.2) is 18.2 Å². The highest BCUT2D eigenvalue weighted by Gasteiger charge is 2.24. The van der Waals surface area contributed by atoms with Crippen LogP contribution in [0.5, 0.6) is 5.75 Å². The highest BCUT2D eigenvalue weighted by atomic mass is 35.5. The van der Waals surface area contributed by atoms with Crippen LogP contribution in [0.4, 0.5) is 0 Å². The third kappa shape index (κ3) is 2.13. The predicted molar refractivity (Wildman–Crippen MR) is 61.6 cm³/mol. The molecule has 1 aromatic carbocycles. The Bertz CT molecular complexity index is 422. The molecule has 2 rings (SSSR count). The van der Waals surface area contributed by atoms with Gasteiger partial charge in [-0.2, -0.15) is 0 Å². The molecular formula is C11H13ClN2O2. The van der Waals surface area contributed by atoms with E-state index in [4.69, 9.17) is 17.3 Å². The second-order valence-electron chi connectivity index (χ2n) is 3.97. The number of hydrogen-bond acceptors (Lipinski definition) is 3. The summed E-state index contributed by atoms with van der Waals surface area (Å²) < 4.78 is 0. The average Bonchev–Trinajstić information content (AvgIpc) is 2.68. The van der Waals surface area contributed by atoms with E-state index < -0.39 is 0 Å². The van der Waals surface area contributed by atoms with Crippen molar-refractivity contribution in [3.05, 3.63) is 28.8 Å². The smallest absolute Gasteiger partial charge is 0.253 e. The van der Waals surface area contributed by atoms with Crippen molar-refractivity contribution in [3.8, 4) is 5.75 Å². The number of phenols is 1. The number of hydrogen-bond donors (Lipinski definition) is 2. The Labute approximate surface area is 98.6 Å². The summed E-state index contributed by atoms with van der Waals surface area (Å²) in [6, 6.07) is 4.53. The topological polar surface area (TPSA) is 66.6 Å². The maximum absolute atomic E-state index is 12.0. The van der Waals surface area contributed by atoms with E-state index in [-0.39, 0.29) is 22.7 Å². The molecule has 1 aliphatic heterocycles. The number of aromatic hydroxyl groups is 1. The fraction of sp³-hybridized carbons (Fsp3) is 0.364. The van der Waals surface area contributed by atoms with E-state index in [1.807, 2.05) is 0 Å². The fourth-order valence-corrected chi connectivity index (χ4v) is 1.97. The van der Waals surface area contributed by atoms with Gasteiger partial charge in [0.2, 0.25) is 0 Å². The number of nitrogens with two attached hydrogens (primary N) is 1. The van der Waals surface area contributed by atoms with E-state index in [9.17, 15) is 9.90 Å². The van der Waals surface area contributed by atoms with Gasteiger partial charge in [-0.3, -0.25) is 4.79 Å². The summed E-state index contributed by atoms with van der Waals surface area (Å²) >= 11 is 5.75. The van der Waals surface area contributed by atoms with Gasteiger partial charge in [0, 0.05) is 24.7 Å². The minimum Gasteiger partial charge on any atom is -0.506 e. The molecule has 3 N–H and O–H groups in total. The normalized spacial score (nSPS) is 20.1. The number of likely N-dealkylation sites (tertiary alicyclic amines) is 1. The Balaban J connectivity index is 2.18. The Kier molecular flexibility index (Phi) is 3.03. The molecule has 1 unspecified atom stereocenters. The van der Waals surface area contributed by atoms with E-state index in [0.717, 1.165) is 6.42 Å². The van der Waals surface area contributed by atoms with Crippen LogP contribution < -0.4 is 5.73 Å². The molecule has 4 nitrogen and oxygen atoms in total. The number of phenolic OH excluding ortho intramolecular Hbond substituents is 1. The van der Waals surface area contributed by atoms with Gasteiger partial charge >= 0.3 is 0 Å². The van der Waals surface area contributed by atoms with Crippen LogP contribution in [0.25, 0.3) is 0 Å². The number of rotatable bonds is 1. The molecule has 86 valence electrons. The summed E-state index contributed by atoms with van der Waals surface area (Å²) in [5, 5.41) is 9.45. The quantitative estimate of drug-likeness (QED) is 0.776. The number of halogens is 1. The van der Waals surface area contributed by atoms with Crippen molar-refractivity contribution in [2.45, 2.75) is 12.5 Å². The first-order chi connectivity index (χ1) is 7.58. The molecule has 0 spiro atoms.